The van der Waals surface area contributed by atoms with Crippen LogP contribution in [-0.2, 0) is 15.6 Å². The number of nitrogens with zero attached hydrogens (tertiary/aromatic N) is 2. The van der Waals surface area contributed by atoms with Crippen molar-refractivity contribution in [1.82, 2.24) is 14.5 Å². The fourth-order valence-electron chi connectivity index (χ4n) is 4.47. The van der Waals surface area contributed by atoms with Gasteiger partial charge in [0.25, 0.3) is 10.2 Å². The summed E-state index contributed by atoms with van der Waals surface area (Å²) in [6.45, 7) is 4.79. The van der Waals surface area contributed by atoms with Gasteiger partial charge in [-0.1, -0.05) is 12.1 Å². The van der Waals surface area contributed by atoms with Crippen molar-refractivity contribution in [2.24, 2.45) is 5.14 Å². The zero-order valence-electron chi connectivity index (χ0n) is 17.2. The van der Waals surface area contributed by atoms with Crippen LogP contribution < -0.4 is 14.6 Å². The second-order valence-corrected chi connectivity index (χ2v) is 9.33. The summed E-state index contributed by atoms with van der Waals surface area (Å²) < 4.78 is 31.0. The molecule has 1 aliphatic carbocycles. The molecule has 3 N–H and O–H groups in total. The number of hydrogen-bond acceptors (Lipinski definition) is 5. The molecule has 0 aromatic heterocycles. The van der Waals surface area contributed by atoms with Gasteiger partial charge in [0.2, 0.25) is 0 Å². The van der Waals surface area contributed by atoms with Crippen molar-refractivity contribution in [3.8, 4) is 5.75 Å². The van der Waals surface area contributed by atoms with Gasteiger partial charge in [-0.2, -0.15) is 8.42 Å². The highest BCUT2D eigenvalue weighted by atomic mass is 35.5. The van der Waals surface area contributed by atoms with Crippen LogP contribution in [0.3, 0.4) is 0 Å². The SMILES string of the molecule is COc1cccc(C2(CNS(N)(=O)=O)CCC(N3CCN(C)CC3)CC2)c1.Cl.Cl. The van der Waals surface area contributed by atoms with Gasteiger partial charge < -0.3 is 9.64 Å². The topological polar surface area (TPSA) is 87.9 Å². The lowest BCUT2D eigenvalue weighted by Crippen LogP contribution is -2.52. The largest absolute Gasteiger partial charge is 0.497 e. The molecule has 1 aromatic carbocycles. The average Bonchev–Trinajstić information content (AvgIpc) is 2.67. The van der Waals surface area contributed by atoms with Gasteiger partial charge in [0.15, 0.2) is 0 Å². The van der Waals surface area contributed by atoms with E-state index in [0.717, 1.165) is 63.2 Å². The first-order valence-corrected chi connectivity index (χ1v) is 11.2. The Kier molecular flexibility index (Phi) is 10.1. The summed E-state index contributed by atoms with van der Waals surface area (Å²) in [6.07, 6.45) is 3.99. The summed E-state index contributed by atoms with van der Waals surface area (Å²) in [6, 6.07) is 8.57. The third-order valence-corrected chi connectivity index (χ3v) is 6.81. The lowest BCUT2D eigenvalue weighted by atomic mass is 9.68. The number of hydrogen-bond donors (Lipinski definition) is 2. The standard InChI is InChI=1S/C19H32N4O3S.2ClH/c1-22-10-12-23(13-11-22)17-6-8-19(9-7-17,15-21-27(20,24)25)16-4-3-5-18(14-16)26-2;;/h3-5,14,17,21H,6-13,15H2,1-2H3,(H2,20,24,25);2*1H. The number of ether oxygens (including phenoxy) is 1. The maximum Gasteiger partial charge on any atom is 0.274 e. The normalized spacial score (nSPS) is 26.2. The number of rotatable bonds is 6. The van der Waals surface area contributed by atoms with E-state index < -0.39 is 10.2 Å². The molecule has 0 unspecified atom stereocenters. The van der Waals surface area contributed by atoms with Crippen LogP contribution in [0.1, 0.15) is 31.2 Å². The minimum absolute atomic E-state index is 0. The Hall–Kier alpha value is -0.610. The summed E-state index contributed by atoms with van der Waals surface area (Å²) in [5.41, 5.74) is 0.874. The van der Waals surface area contributed by atoms with Crippen molar-refractivity contribution in [1.29, 1.82) is 0 Å². The van der Waals surface area contributed by atoms with Crippen LogP contribution in [0.25, 0.3) is 0 Å². The lowest BCUT2D eigenvalue weighted by Gasteiger charge is -2.46. The first-order valence-electron chi connectivity index (χ1n) is 9.66. The van der Waals surface area contributed by atoms with Crippen LogP contribution in [0.15, 0.2) is 24.3 Å². The molecule has 1 saturated heterocycles. The second kappa shape index (κ2) is 11.1. The zero-order chi connectivity index (χ0) is 19.5. The average molecular weight is 469 g/mol. The number of nitrogens with one attached hydrogen (secondary N) is 1. The molecule has 1 aromatic rings. The molecule has 1 heterocycles. The van der Waals surface area contributed by atoms with Crippen LogP contribution in [0.2, 0.25) is 0 Å². The van der Waals surface area contributed by atoms with Crippen molar-refractivity contribution >= 4 is 35.0 Å². The van der Waals surface area contributed by atoms with E-state index in [-0.39, 0.29) is 30.2 Å². The van der Waals surface area contributed by atoms with Crippen molar-refractivity contribution in [2.75, 3.05) is 46.9 Å². The van der Waals surface area contributed by atoms with Gasteiger partial charge in [-0.25, -0.2) is 9.86 Å². The van der Waals surface area contributed by atoms with Gasteiger partial charge in [-0.3, -0.25) is 4.90 Å². The molecule has 1 aliphatic heterocycles. The minimum Gasteiger partial charge on any atom is -0.497 e. The first kappa shape index (κ1) is 26.4. The van der Waals surface area contributed by atoms with Crippen LogP contribution in [0.5, 0.6) is 5.75 Å². The van der Waals surface area contributed by atoms with E-state index in [1.54, 1.807) is 7.11 Å². The van der Waals surface area contributed by atoms with E-state index in [1.165, 1.54) is 0 Å². The molecule has 0 radical (unpaired) electrons. The molecule has 29 heavy (non-hydrogen) atoms. The van der Waals surface area contributed by atoms with Crippen molar-refractivity contribution in [3.63, 3.8) is 0 Å². The Balaban J connectivity index is 0.00000210. The zero-order valence-corrected chi connectivity index (χ0v) is 19.6. The van der Waals surface area contributed by atoms with Crippen molar-refractivity contribution < 1.29 is 13.2 Å². The third kappa shape index (κ3) is 6.95. The predicted octanol–water partition coefficient (Wildman–Crippen LogP) is 1.76. The Labute approximate surface area is 187 Å². The highest BCUT2D eigenvalue weighted by Gasteiger charge is 2.39. The highest BCUT2D eigenvalue weighted by Crippen LogP contribution is 2.41. The van der Waals surface area contributed by atoms with Crippen LogP contribution >= 0.6 is 24.8 Å². The molecule has 0 bridgehead atoms. The van der Waals surface area contributed by atoms with Crippen molar-refractivity contribution in [3.05, 3.63) is 29.8 Å². The Morgan fingerprint density at radius 2 is 1.79 bits per heavy atom. The predicted molar refractivity (Wildman–Crippen MR) is 122 cm³/mol. The van der Waals surface area contributed by atoms with Gasteiger partial charge in [0.05, 0.1) is 7.11 Å². The fourth-order valence-corrected chi connectivity index (χ4v) is 4.94. The lowest BCUT2D eigenvalue weighted by molar-refractivity contribution is 0.0751. The number of methoxy groups -OCH3 is 1. The molecule has 2 fully saturated rings. The molecule has 7 nitrogen and oxygen atoms in total. The monoisotopic (exact) mass is 468 g/mol. The van der Waals surface area contributed by atoms with E-state index in [1.807, 2.05) is 18.2 Å². The van der Waals surface area contributed by atoms with Gasteiger partial charge in [-0.05, 0) is 50.4 Å². The number of likely N-dealkylation sites (N-methyl/N-ethyl adjacent to an activating group) is 1. The van der Waals surface area contributed by atoms with Gasteiger partial charge in [0.1, 0.15) is 5.75 Å². The molecule has 168 valence electrons. The van der Waals surface area contributed by atoms with E-state index in [0.29, 0.717) is 12.6 Å². The molecule has 1 saturated carbocycles. The van der Waals surface area contributed by atoms with E-state index in [9.17, 15) is 8.42 Å². The summed E-state index contributed by atoms with van der Waals surface area (Å²) in [7, 11) is 0.100. The molecule has 3 rings (SSSR count). The van der Waals surface area contributed by atoms with Crippen LogP contribution in [0, 0.1) is 0 Å². The summed E-state index contributed by atoms with van der Waals surface area (Å²) >= 11 is 0. The highest BCUT2D eigenvalue weighted by molar-refractivity contribution is 7.87. The summed E-state index contributed by atoms with van der Waals surface area (Å²) in [4.78, 5) is 4.97. The van der Waals surface area contributed by atoms with E-state index in [2.05, 4.69) is 27.6 Å². The van der Waals surface area contributed by atoms with E-state index >= 15 is 0 Å². The molecule has 0 atom stereocenters. The van der Waals surface area contributed by atoms with Crippen LogP contribution in [-0.4, -0.2) is 71.1 Å². The number of benzene rings is 1. The van der Waals surface area contributed by atoms with E-state index in [4.69, 9.17) is 9.88 Å². The van der Waals surface area contributed by atoms with Crippen LogP contribution in [0.4, 0.5) is 0 Å². The molecule has 0 amide bonds. The maximum absolute atomic E-state index is 11.5. The van der Waals surface area contributed by atoms with Crippen molar-refractivity contribution in [2.45, 2.75) is 37.1 Å². The molecular formula is C19H34Cl2N4O3S. The second-order valence-electron chi connectivity index (χ2n) is 7.95. The Bertz CT molecular complexity index is 735. The van der Waals surface area contributed by atoms with Gasteiger partial charge in [0, 0.05) is 44.2 Å². The smallest absolute Gasteiger partial charge is 0.274 e. The summed E-state index contributed by atoms with van der Waals surface area (Å²) in [5, 5.41) is 5.23. The molecule has 10 heteroatoms. The third-order valence-electron chi connectivity index (χ3n) is 6.26. The molecular weight excluding hydrogens is 435 g/mol. The van der Waals surface area contributed by atoms with Gasteiger partial charge in [-0.15, -0.1) is 24.8 Å². The number of halogens is 2. The fraction of sp³-hybridized carbons (Fsp3) is 0.684. The number of piperazine rings is 1. The molecule has 2 aliphatic rings. The summed E-state index contributed by atoms with van der Waals surface area (Å²) in [5.74, 6) is 0.795. The number of nitrogens with two attached hydrogens (primary N) is 1. The quantitative estimate of drug-likeness (QED) is 0.663. The maximum atomic E-state index is 11.5. The Morgan fingerprint density at radius 3 is 2.34 bits per heavy atom. The minimum atomic E-state index is -3.72. The first-order chi connectivity index (χ1) is 12.8. The van der Waals surface area contributed by atoms with Gasteiger partial charge >= 0.3 is 0 Å². The molecule has 0 spiro atoms. The Morgan fingerprint density at radius 1 is 1.17 bits per heavy atom.